The number of hydrogen-bond acceptors (Lipinski definition) is 6. The van der Waals surface area contributed by atoms with Crippen molar-refractivity contribution < 1.29 is 23.5 Å². The van der Waals surface area contributed by atoms with Crippen LogP contribution in [0.1, 0.15) is 34.1 Å². The molecule has 7 heteroatoms. The number of rotatable bonds is 10. The van der Waals surface area contributed by atoms with Gasteiger partial charge in [0.25, 0.3) is 0 Å². The molecule has 0 saturated heterocycles. The minimum atomic E-state index is -3.16. The lowest BCUT2D eigenvalue weighted by atomic mass is 10.1. The molecule has 0 rings (SSSR count). The first-order valence-corrected chi connectivity index (χ1v) is 8.24. The van der Waals surface area contributed by atoms with Crippen molar-refractivity contribution in [3.63, 3.8) is 0 Å². The van der Waals surface area contributed by atoms with Crippen molar-refractivity contribution >= 4 is 8.80 Å². The van der Waals surface area contributed by atoms with Gasteiger partial charge in [0.15, 0.2) is 5.79 Å². The summed E-state index contributed by atoms with van der Waals surface area (Å²) in [5.74, 6) is -1.94. The molecule has 1 unspecified atom stereocenters. The fourth-order valence-corrected chi connectivity index (χ4v) is 5.23. The van der Waals surface area contributed by atoms with Gasteiger partial charge in [0, 0.05) is 19.8 Å². The first kappa shape index (κ1) is 18.0. The molecular weight excluding hydrogens is 254 g/mol. The molecule has 0 amide bonds. The molecule has 0 aromatic rings. The highest BCUT2D eigenvalue weighted by molar-refractivity contribution is 6.62. The first-order valence-electron chi connectivity index (χ1n) is 6.44. The summed E-state index contributed by atoms with van der Waals surface area (Å²) < 4.78 is 17.0. The Balaban J connectivity index is 5.28. The zero-order chi connectivity index (χ0) is 14.2. The summed E-state index contributed by atoms with van der Waals surface area (Å²) in [4.78, 5) is 0. The second-order valence-electron chi connectivity index (χ2n) is 4.13. The van der Waals surface area contributed by atoms with Gasteiger partial charge in [0.05, 0.1) is 5.54 Å². The zero-order valence-corrected chi connectivity index (χ0v) is 12.8. The summed E-state index contributed by atoms with van der Waals surface area (Å²) in [5.41, 5.74) is 4.89. The molecule has 110 valence electrons. The van der Waals surface area contributed by atoms with Gasteiger partial charge in [-0.15, -0.1) is 0 Å². The van der Waals surface area contributed by atoms with Crippen LogP contribution in [0, 0.1) is 0 Å². The second-order valence-corrected chi connectivity index (χ2v) is 6.90. The van der Waals surface area contributed by atoms with Crippen LogP contribution in [0.4, 0.5) is 0 Å². The average Bonchev–Trinajstić information content (AvgIpc) is 2.25. The molecule has 0 spiro atoms. The summed E-state index contributed by atoms with van der Waals surface area (Å²) in [6.07, 6.45) is 0.371. The van der Waals surface area contributed by atoms with E-state index in [9.17, 15) is 10.2 Å². The molecular formula is C11H27NO5Si. The van der Waals surface area contributed by atoms with Crippen molar-refractivity contribution in [2.75, 3.05) is 26.4 Å². The largest absolute Gasteiger partial charge is 0.509 e. The fraction of sp³-hybridized carbons (Fsp3) is 1.00. The van der Waals surface area contributed by atoms with Gasteiger partial charge in [-0.25, -0.2) is 0 Å². The third-order valence-electron chi connectivity index (χ3n) is 2.58. The summed E-state index contributed by atoms with van der Waals surface area (Å²) in [7, 11) is -3.16. The molecule has 0 aliphatic rings. The molecule has 4 N–H and O–H groups in total. The predicted octanol–water partition coefficient (Wildman–Crippen LogP) is 0.455. The lowest BCUT2D eigenvalue weighted by molar-refractivity contribution is -0.163. The average molecular weight is 281 g/mol. The Morgan fingerprint density at radius 3 is 1.67 bits per heavy atom. The molecule has 6 nitrogen and oxygen atoms in total. The molecule has 0 aliphatic carbocycles. The van der Waals surface area contributed by atoms with Gasteiger partial charge in [-0.1, -0.05) is 0 Å². The van der Waals surface area contributed by atoms with E-state index in [2.05, 4.69) is 0 Å². The van der Waals surface area contributed by atoms with E-state index in [-0.39, 0.29) is 0 Å². The quantitative estimate of drug-likeness (QED) is 0.398. The Labute approximate surface area is 110 Å². The van der Waals surface area contributed by atoms with Crippen LogP contribution in [-0.4, -0.2) is 51.2 Å². The number of aliphatic hydroxyl groups is 2. The maximum absolute atomic E-state index is 9.92. The molecule has 0 fully saturated rings. The smallest absolute Gasteiger partial charge is 0.373 e. The molecule has 0 heterocycles. The van der Waals surface area contributed by atoms with E-state index in [1.54, 1.807) is 0 Å². The summed E-state index contributed by atoms with van der Waals surface area (Å²) in [6, 6.07) is 0. The van der Waals surface area contributed by atoms with Crippen LogP contribution >= 0.6 is 0 Å². The summed E-state index contributed by atoms with van der Waals surface area (Å²) >= 11 is 0. The SMILES string of the molecule is CCO[Si](OCC)(OCC)C(CCN)C(C)(O)O. The van der Waals surface area contributed by atoms with E-state index < -0.39 is 20.1 Å². The van der Waals surface area contributed by atoms with Crippen molar-refractivity contribution in [1.82, 2.24) is 0 Å². The summed E-state index contributed by atoms with van der Waals surface area (Å²) in [5, 5.41) is 19.8. The third-order valence-corrected chi connectivity index (χ3v) is 6.34. The van der Waals surface area contributed by atoms with E-state index >= 15 is 0 Å². The van der Waals surface area contributed by atoms with Gasteiger partial charge in [-0.2, -0.15) is 0 Å². The Hall–Kier alpha value is -0.0231. The van der Waals surface area contributed by atoms with Crippen molar-refractivity contribution in [2.24, 2.45) is 5.73 Å². The lowest BCUT2D eigenvalue weighted by Gasteiger charge is -2.39. The normalized spacial score (nSPS) is 14.8. The molecule has 1 atom stereocenters. The third kappa shape index (κ3) is 4.92. The highest BCUT2D eigenvalue weighted by atomic mass is 28.4. The minimum absolute atomic E-state index is 0.309. The maximum Gasteiger partial charge on any atom is 0.509 e. The topological polar surface area (TPSA) is 94.2 Å². The lowest BCUT2D eigenvalue weighted by Crippen LogP contribution is -2.57. The van der Waals surface area contributed by atoms with Gasteiger partial charge in [-0.3, -0.25) is 0 Å². The maximum atomic E-state index is 9.92. The van der Waals surface area contributed by atoms with Crippen LogP contribution in [0.3, 0.4) is 0 Å². The molecule has 0 bridgehead atoms. The number of nitrogens with two attached hydrogens (primary N) is 1. The van der Waals surface area contributed by atoms with Crippen LogP contribution in [0.2, 0.25) is 5.54 Å². The van der Waals surface area contributed by atoms with Crippen molar-refractivity contribution in [2.45, 2.75) is 45.4 Å². The zero-order valence-electron chi connectivity index (χ0n) is 11.8. The van der Waals surface area contributed by atoms with Crippen molar-refractivity contribution in [3.8, 4) is 0 Å². The van der Waals surface area contributed by atoms with E-state index in [4.69, 9.17) is 19.0 Å². The van der Waals surface area contributed by atoms with Crippen LogP contribution < -0.4 is 5.73 Å². The Kier molecular flexibility index (Phi) is 8.20. The fourth-order valence-electron chi connectivity index (χ4n) is 1.98. The molecule has 0 aliphatic heterocycles. The van der Waals surface area contributed by atoms with E-state index in [0.29, 0.717) is 32.8 Å². The predicted molar refractivity (Wildman–Crippen MR) is 70.9 cm³/mol. The van der Waals surface area contributed by atoms with E-state index in [1.807, 2.05) is 20.8 Å². The van der Waals surface area contributed by atoms with Crippen LogP contribution in [0.15, 0.2) is 0 Å². The highest BCUT2D eigenvalue weighted by Gasteiger charge is 2.56. The van der Waals surface area contributed by atoms with Crippen molar-refractivity contribution in [3.05, 3.63) is 0 Å². The van der Waals surface area contributed by atoms with Gasteiger partial charge < -0.3 is 29.2 Å². The van der Waals surface area contributed by atoms with Gasteiger partial charge in [0.2, 0.25) is 0 Å². The van der Waals surface area contributed by atoms with E-state index in [1.165, 1.54) is 6.92 Å². The highest BCUT2D eigenvalue weighted by Crippen LogP contribution is 2.36. The molecule has 0 saturated carbocycles. The Morgan fingerprint density at radius 2 is 1.44 bits per heavy atom. The number of hydrogen-bond donors (Lipinski definition) is 3. The molecule has 0 aromatic heterocycles. The monoisotopic (exact) mass is 281 g/mol. The minimum Gasteiger partial charge on any atom is -0.373 e. The second kappa shape index (κ2) is 8.21. The molecule has 0 radical (unpaired) electrons. The standard InChI is InChI=1S/C11H27NO5Si/c1-5-15-18(16-6-2,17-7-3)10(8-9-12)11(4,13)14/h10,13-14H,5-9,12H2,1-4H3. The van der Waals surface area contributed by atoms with Crippen LogP contribution in [0.5, 0.6) is 0 Å². The van der Waals surface area contributed by atoms with Gasteiger partial charge >= 0.3 is 8.80 Å². The Morgan fingerprint density at radius 1 is 1.06 bits per heavy atom. The molecule has 0 aromatic carbocycles. The van der Waals surface area contributed by atoms with Crippen LogP contribution in [-0.2, 0) is 13.3 Å². The first-order chi connectivity index (χ1) is 8.37. The van der Waals surface area contributed by atoms with Crippen molar-refractivity contribution in [1.29, 1.82) is 0 Å². The molecule has 18 heavy (non-hydrogen) atoms. The summed E-state index contributed by atoms with van der Waals surface area (Å²) in [6.45, 7) is 8.27. The van der Waals surface area contributed by atoms with Crippen LogP contribution in [0.25, 0.3) is 0 Å². The van der Waals surface area contributed by atoms with Gasteiger partial charge in [0.1, 0.15) is 0 Å². The van der Waals surface area contributed by atoms with Gasteiger partial charge in [-0.05, 0) is 40.7 Å². The van der Waals surface area contributed by atoms with E-state index in [0.717, 1.165) is 0 Å². The Bertz CT molecular complexity index is 205.